The lowest BCUT2D eigenvalue weighted by Crippen LogP contribution is -2.35. The van der Waals surface area contributed by atoms with Crippen molar-refractivity contribution in [3.63, 3.8) is 0 Å². The summed E-state index contributed by atoms with van der Waals surface area (Å²) in [7, 11) is 0. The second kappa shape index (κ2) is 11.0. The summed E-state index contributed by atoms with van der Waals surface area (Å²) in [5.41, 5.74) is 4.12. The molecule has 1 fully saturated rings. The number of aliphatic hydroxyl groups is 2. The van der Waals surface area contributed by atoms with Gasteiger partial charge in [-0.05, 0) is 69.9 Å². The number of nitrogens with zero attached hydrogens (tertiary/aromatic N) is 2. The molecule has 0 saturated heterocycles. The Morgan fingerprint density at radius 2 is 1.81 bits per heavy atom. The average molecular weight is 493 g/mol. The standard InChI is InChI=1S/C28H32N2O6/c1-4-34-27(32)36-20(3)35-24-13-15-28(33,16-14-24)26-17-25(22-9-5-19(2)6-10-22)30(29-26)23-11-7-21(18-31)8-12-23/h5-12,17,24,31,33H,3-4,13-16,18H2,1-2H3. The van der Waals surface area contributed by atoms with Crippen LogP contribution in [0, 0.1) is 6.92 Å². The van der Waals surface area contributed by atoms with Crippen molar-refractivity contribution >= 4 is 6.16 Å². The summed E-state index contributed by atoms with van der Waals surface area (Å²) in [6.45, 7) is 7.52. The molecular weight excluding hydrogens is 460 g/mol. The van der Waals surface area contributed by atoms with Gasteiger partial charge >= 0.3 is 6.16 Å². The predicted molar refractivity (Wildman–Crippen MR) is 134 cm³/mol. The number of aryl methyl sites for hydroxylation is 1. The number of carbonyl (C=O) groups excluding carboxylic acids is 1. The number of ether oxygens (including phenoxy) is 3. The van der Waals surface area contributed by atoms with Gasteiger partial charge in [-0.2, -0.15) is 5.10 Å². The van der Waals surface area contributed by atoms with Crippen molar-refractivity contribution in [1.29, 1.82) is 0 Å². The molecule has 1 saturated carbocycles. The smallest absolute Gasteiger partial charge is 0.462 e. The van der Waals surface area contributed by atoms with Crippen LogP contribution in [0.5, 0.6) is 0 Å². The van der Waals surface area contributed by atoms with E-state index in [-0.39, 0.29) is 25.3 Å². The number of hydrogen-bond donors (Lipinski definition) is 2. The number of aromatic nitrogens is 2. The summed E-state index contributed by atoms with van der Waals surface area (Å²) >= 11 is 0. The van der Waals surface area contributed by atoms with Crippen molar-refractivity contribution in [3.8, 4) is 16.9 Å². The molecule has 0 bridgehead atoms. The second-order valence-corrected chi connectivity index (χ2v) is 9.02. The van der Waals surface area contributed by atoms with Crippen molar-refractivity contribution in [2.24, 2.45) is 0 Å². The average Bonchev–Trinajstić information content (AvgIpc) is 3.32. The monoisotopic (exact) mass is 492 g/mol. The summed E-state index contributed by atoms with van der Waals surface area (Å²) in [6.07, 6.45) is 0.850. The van der Waals surface area contributed by atoms with Crippen LogP contribution >= 0.6 is 0 Å². The minimum absolute atomic E-state index is 0.0320. The zero-order chi connectivity index (χ0) is 25.7. The molecule has 0 spiro atoms. The molecule has 1 heterocycles. The van der Waals surface area contributed by atoms with E-state index >= 15 is 0 Å². The fraction of sp³-hybridized carbons (Fsp3) is 0.357. The van der Waals surface area contributed by atoms with Crippen LogP contribution in [0.1, 0.15) is 49.4 Å². The Bertz CT molecular complexity index is 1190. The Hall–Kier alpha value is -3.62. The number of carbonyl (C=O) groups is 1. The molecule has 0 atom stereocenters. The van der Waals surface area contributed by atoms with Crippen molar-refractivity contribution < 1.29 is 29.2 Å². The predicted octanol–water partition coefficient (Wildman–Crippen LogP) is 5.13. The van der Waals surface area contributed by atoms with Crippen LogP contribution < -0.4 is 0 Å². The summed E-state index contributed by atoms with van der Waals surface area (Å²) < 4.78 is 17.1. The molecule has 2 N–H and O–H groups in total. The number of aliphatic hydroxyl groups excluding tert-OH is 1. The zero-order valence-electron chi connectivity index (χ0n) is 20.6. The minimum atomic E-state index is -1.13. The first-order valence-corrected chi connectivity index (χ1v) is 12.1. The van der Waals surface area contributed by atoms with Gasteiger partial charge in [0.15, 0.2) is 0 Å². The molecule has 1 aliphatic rings. The molecule has 190 valence electrons. The van der Waals surface area contributed by atoms with Crippen molar-refractivity contribution in [3.05, 3.63) is 83.9 Å². The number of hydrogen-bond acceptors (Lipinski definition) is 7. The topological polar surface area (TPSA) is 103 Å². The highest BCUT2D eigenvalue weighted by Gasteiger charge is 2.38. The Balaban J connectivity index is 1.55. The maximum absolute atomic E-state index is 11.6. The highest BCUT2D eigenvalue weighted by molar-refractivity contribution is 5.63. The van der Waals surface area contributed by atoms with Gasteiger partial charge < -0.3 is 24.4 Å². The first kappa shape index (κ1) is 25.5. The quantitative estimate of drug-likeness (QED) is 0.332. The minimum Gasteiger partial charge on any atom is -0.462 e. The van der Waals surface area contributed by atoms with Gasteiger partial charge in [0.05, 0.1) is 30.3 Å². The van der Waals surface area contributed by atoms with E-state index in [2.05, 4.69) is 6.58 Å². The third-order valence-corrected chi connectivity index (χ3v) is 6.41. The SMILES string of the molecule is C=C(OC(=O)OCC)OC1CCC(O)(c2cc(-c3ccc(C)cc3)n(-c3ccc(CO)cc3)n2)CC1. The molecule has 0 amide bonds. The third kappa shape index (κ3) is 5.78. The van der Waals surface area contributed by atoms with E-state index < -0.39 is 11.8 Å². The van der Waals surface area contributed by atoms with Gasteiger partial charge in [0.2, 0.25) is 0 Å². The van der Waals surface area contributed by atoms with E-state index in [1.165, 1.54) is 0 Å². The van der Waals surface area contributed by atoms with Gasteiger partial charge in [-0.15, -0.1) is 0 Å². The van der Waals surface area contributed by atoms with E-state index in [9.17, 15) is 15.0 Å². The first-order valence-electron chi connectivity index (χ1n) is 12.1. The third-order valence-electron chi connectivity index (χ3n) is 6.41. The largest absolute Gasteiger partial charge is 0.516 e. The van der Waals surface area contributed by atoms with Gasteiger partial charge in [-0.3, -0.25) is 0 Å². The first-order chi connectivity index (χ1) is 17.3. The maximum atomic E-state index is 11.6. The summed E-state index contributed by atoms with van der Waals surface area (Å²) in [4.78, 5) is 11.5. The molecule has 0 unspecified atom stereocenters. The van der Waals surface area contributed by atoms with E-state index in [1.54, 1.807) is 6.92 Å². The maximum Gasteiger partial charge on any atom is 0.516 e. The molecule has 0 aliphatic heterocycles. The van der Waals surface area contributed by atoms with E-state index in [1.807, 2.05) is 66.2 Å². The van der Waals surface area contributed by atoms with Gasteiger partial charge in [0.1, 0.15) is 11.7 Å². The van der Waals surface area contributed by atoms with Crippen LogP contribution in [0.2, 0.25) is 0 Å². The highest BCUT2D eigenvalue weighted by Crippen LogP contribution is 2.40. The molecule has 8 nitrogen and oxygen atoms in total. The van der Waals surface area contributed by atoms with Crippen LogP contribution in [0.25, 0.3) is 16.9 Å². The van der Waals surface area contributed by atoms with Gasteiger partial charge in [0, 0.05) is 5.56 Å². The Kier molecular flexibility index (Phi) is 7.76. The normalized spacial score (nSPS) is 19.5. The number of benzene rings is 2. The second-order valence-electron chi connectivity index (χ2n) is 9.02. The molecule has 1 aromatic heterocycles. The van der Waals surface area contributed by atoms with Crippen LogP contribution in [0.15, 0.2) is 67.1 Å². The summed E-state index contributed by atoms with van der Waals surface area (Å²) in [5.74, 6) is -0.110. The molecule has 4 rings (SSSR count). The van der Waals surface area contributed by atoms with Gasteiger partial charge in [-0.25, -0.2) is 9.48 Å². The van der Waals surface area contributed by atoms with Crippen molar-refractivity contribution in [2.45, 2.75) is 57.8 Å². The lowest BCUT2D eigenvalue weighted by atomic mass is 9.81. The highest BCUT2D eigenvalue weighted by atomic mass is 16.8. The van der Waals surface area contributed by atoms with Crippen molar-refractivity contribution in [2.75, 3.05) is 6.61 Å². The van der Waals surface area contributed by atoms with E-state index in [0.717, 1.165) is 28.1 Å². The summed E-state index contributed by atoms with van der Waals surface area (Å²) in [6, 6.07) is 17.6. The van der Waals surface area contributed by atoms with Crippen LogP contribution in [-0.2, 0) is 26.4 Å². The Morgan fingerprint density at radius 3 is 2.42 bits per heavy atom. The lowest BCUT2D eigenvalue weighted by molar-refractivity contribution is -0.0699. The van der Waals surface area contributed by atoms with Crippen LogP contribution in [0.3, 0.4) is 0 Å². The van der Waals surface area contributed by atoms with Gasteiger partial charge in [0.25, 0.3) is 5.95 Å². The Labute approximate surface area is 210 Å². The zero-order valence-corrected chi connectivity index (χ0v) is 20.6. The molecule has 3 aromatic rings. The van der Waals surface area contributed by atoms with Crippen molar-refractivity contribution in [1.82, 2.24) is 9.78 Å². The van der Waals surface area contributed by atoms with E-state index in [0.29, 0.717) is 31.4 Å². The molecule has 36 heavy (non-hydrogen) atoms. The molecular formula is C28H32N2O6. The van der Waals surface area contributed by atoms with Crippen LogP contribution in [0.4, 0.5) is 4.79 Å². The Morgan fingerprint density at radius 1 is 1.14 bits per heavy atom. The lowest BCUT2D eigenvalue weighted by Gasteiger charge is -2.34. The molecule has 1 aliphatic carbocycles. The molecule has 2 aromatic carbocycles. The molecule has 0 radical (unpaired) electrons. The number of rotatable bonds is 8. The fourth-order valence-electron chi connectivity index (χ4n) is 4.37. The van der Waals surface area contributed by atoms with Crippen LogP contribution in [-0.4, -0.2) is 38.9 Å². The van der Waals surface area contributed by atoms with E-state index in [4.69, 9.17) is 19.3 Å². The summed E-state index contributed by atoms with van der Waals surface area (Å²) in [5, 5.41) is 25.8. The van der Waals surface area contributed by atoms with Gasteiger partial charge in [-0.1, -0.05) is 42.0 Å². The molecule has 8 heteroatoms. The fourth-order valence-corrected chi connectivity index (χ4v) is 4.37.